The van der Waals surface area contributed by atoms with Gasteiger partial charge in [0.1, 0.15) is 10.7 Å². The highest BCUT2D eigenvalue weighted by Crippen LogP contribution is 2.34. The highest BCUT2D eigenvalue weighted by molar-refractivity contribution is 7.90. The van der Waals surface area contributed by atoms with Gasteiger partial charge < -0.3 is 0 Å². The van der Waals surface area contributed by atoms with Crippen LogP contribution in [0.15, 0.2) is 23.1 Å². The van der Waals surface area contributed by atoms with Crippen LogP contribution >= 0.6 is 0 Å². The SMILES string of the molecule is CCCN1CCCCC1c1cccc(S(C)(=O)=O)c1F. The molecule has 0 saturated carbocycles. The molecule has 0 aliphatic carbocycles. The van der Waals surface area contributed by atoms with Gasteiger partial charge in [0.15, 0.2) is 9.84 Å². The minimum absolute atomic E-state index is 0.00500. The van der Waals surface area contributed by atoms with Gasteiger partial charge in [-0.3, -0.25) is 4.90 Å². The van der Waals surface area contributed by atoms with Crippen molar-refractivity contribution in [2.45, 2.75) is 43.5 Å². The Morgan fingerprint density at radius 2 is 2.10 bits per heavy atom. The summed E-state index contributed by atoms with van der Waals surface area (Å²) in [5.41, 5.74) is 0.529. The fourth-order valence-corrected chi connectivity index (χ4v) is 3.74. The summed E-state index contributed by atoms with van der Waals surface area (Å²) in [6.07, 6.45) is 5.16. The molecular weight excluding hydrogens is 277 g/mol. The number of rotatable bonds is 4. The Hall–Kier alpha value is -0.940. The summed E-state index contributed by atoms with van der Waals surface area (Å²) in [4.78, 5) is 2.09. The van der Waals surface area contributed by atoms with Gasteiger partial charge in [-0.2, -0.15) is 0 Å². The predicted octanol–water partition coefficient (Wildman–Crippen LogP) is 3.17. The van der Waals surface area contributed by atoms with Gasteiger partial charge in [0.05, 0.1) is 0 Å². The van der Waals surface area contributed by atoms with E-state index in [1.54, 1.807) is 12.1 Å². The standard InChI is InChI=1S/C15H22FNO2S/c1-3-10-17-11-5-4-8-13(17)12-7-6-9-14(15(12)16)20(2,18)19/h6-7,9,13H,3-5,8,10-11H2,1-2H3. The summed E-state index contributed by atoms with van der Waals surface area (Å²) < 4.78 is 37.8. The van der Waals surface area contributed by atoms with E-state index in [9.17, 15) is 12.8 Å². The van der Waals surface area contributed by atoms with Crippen LogP contribution in [0.25, 0.3) is 0 Å². The zero-order chi connectivity index (χ0) is 14.8. The molecular formula is C15H22FNO2S. The lowest BCUT2D eigenvalue weighted by molar-refractivity contribution is 0.145. The number of halogens is 1. The Balaban J connectivity index is 2.41. The molecule has 0 bridgehead atoms. The molecule has 1 atom stereocenters. The predicted molar refractivity (Wildman–Crippen MR) is 78.0 cm³/mol. The zero-order valence-electron chi connectivity index (χ0n) is 12.1. The highest BCUT2D eigenvalue weighted by atomic mass is 32.2. The minimum Gasteiger partial charge on any atom is -0.296 e. The monoisotopic (exact) mass is 299 g/mol. The van der Waals surface area contributed by atoms with Crippen molar-refractivity contribution in [2.24, 2.45) is 0 Å². The van der Waals surface area contributed by atoms with Crippen molar-refractivity contribution in [2.75, 3.05) is 19.3 Å². The number of hydrogen-bond donors (Lipinski definition) is 0. The summed E-state index contributed by atoms with van der Waals surface area (Å²) >= 11 is 0. The number of likely N-dealkylation sites (tertiary alicyclic amines) is 1. The Morgan fingerprint density at radius 3 is 2.75 bits per heavy atom. The van der Waals surface area contributed by atoms with Crippen LogP contribution in [0.2, 0.25) is 0 Å². The zero-order valence-corrected chi connectivity index (χ0v) is 12.9. The van der Waals surface area contributed by atoms with Gasteiger partial charge in [0.2, 0.25) is 0 Å². The molecule has 0 amide bonds. The molecule has 1 saturated heterocycles. The first-order valence-corrected chi connectivity index (χ1v) is 9.06. The van der Waals surface area contributed by atoms with Crippen molar-refractivity contribution in [1.29, 1.82) is 0 Å². The van der Waals surface area contributed by atoms with Crippen LogP contribution in [-0.2, 0) is 9.84 Å². The molecule has 0 N–H and O–H groups in total. The van der Waals surface area contributed by atoms with Crippen LogP contribution < -0.4 is 0 Å². The third kappa shape index (κ3) is 3.20. The summed E-state index contributed by atoms with van der Waals surface area (Å²) in [6, 6.07) is 4.72. The Morgan fingerprint density at radius 1 is 1.35 bits per heavy atom. The number of sulfone groups is 1. The molecule has 5 heteroatoms. The van der Waals surface area contributed by atoms with Gasteiger partial charge in [-0.25, -0.2) is 12.8 Å². The van der Waals surface area contributed by atoms with E-state index in [1.165, 1.54) is 6.07 Å². The van der Waals surface area contributed by atoms with Gasteiger partial charge in [-0.1, -0.05) is 25.5 Å². The summed E-state index contributed by atoms with van der Waals surface area (Å²) in [7, 11) is -3.52. The van der Waals surface area contributed by atoms with Crippen LogP contribution in [-0.4, -0.2) is 32.7 Å². The lowest BCUT2D eigenvalue weighted by Gasteiger charge is -2.36. The molecule has 1 unspecified atom stereocenters. The van der Waals surface area contributed by atoms with Crippen LogP contribution in [0, 0.1) is 5.82 Å². The van der Waals surface area contributed by atoms with Gasteiger partial charge in [0, 0.05) is 17.9 Å². The topological polar surface area (TPSA) is 37.4 Å². The van der Waals surface area contributed by atoms with Gasteiger partial charge in [0.25, 0.3) is 0 Å². The smallest absolute Gasteiger partial charge is 0.178 e. The number of benzene rings is 1. The van der Waals surface area contributed by atoms with E-state index in [-0.39, 0.29) is 10.9 Å². The van der Waals surface area contributed by atoms with E-state index in [0.29, 0.717) is 5.56 Å². The van der Waals surface area contributed by atoms with Crippen molar-refractivity contribution >= 4 is 9.84 Å². The lowest BCUT2D eigenvalue weighted by atomic mass is 9.94. The van der Waals surface area contributed by atoms with Crippen LogP contribution in [0.5, 0.6) is 0 Å². The van der Waals surface area contributed by atoms with Gasteiger partial charge >= 0.3 is 0 Å². The maximum absolute atomic E-state index is 14.6. The third-order valence-electron chi connectivity index (χ3n) is 3.88. The van der Waals surface area contributed by atoms with Crippen molar-refractivity contribution in [3.05, 3.63) is 29.6 Å². The second-order valence-electron chi connectivity index (χ2n) is 5.48. The molecule has 2 rings (SSSR count). The average molecular weight is 299 g/mol. The average Bonchev–Trinajstić information content (AvgIpc) is 2.39. The van der Waals surface area contributed by atoms with Crippen molar-refractivity contribution < 1.29 is 12.8 Å². The van der Waals surface area contributed by atoms with Crippen molar-refractivity contribution in [1.82, 2.24) is 4.90 Å². The maximum atomic E-state index is 14.6. The Bertz CT molecular complexity index is 569. The first-order valence-electron chi connectivity index (χ1n) is 7.17. The fourth-order valence-electron chi connectivity index (χ4n) is 2.97. The number of nitrogens with zero attached hydrogens (tertiary/aromatic N) is 1. The fraction of sp³-hybridized carbons (Fsp3) is 0.600. The molecule has 1 fully saturated rings. The lowest BCUT2D eigenvalue weighted by Crippen LogP contribution is -2.34. The third-order valence-corrected chi connectivity index (χ3v) is 4.99. The molecule has 1 aliphatic heterocycles. The molecule has 3 nitrogen and oxygen atoms in total. The second-order valence-corrected chi connectivity index (χ2v) is 7.46. The molecule has 1 aliphatic rings. The Labute approximate surface area is 120 Å². The maximum Gasteiger partial charge on any atom is 0.178 e. The molecule has 0 aromatic heterocycles. The van der Waals surface area contributed by atoms with E-state index in [4.69, 9.17) is 0 Å². The quantitative estimate of drug-likeness (QED) is 0.857. The Kier molecular flexibility index (Phi) is 4.81. The molecule has 20 heavy (non-hydrogen) atoms. The first-order chi connectivity index (χ1) is 9.45. The van der Waals surface area contributed by atoms with E-state index in [0.717, 1.165) is 45.0 Å². The van der Waals surface area contributed by atoms with Gasteiger partial charge in [-0.15, -0.1) is 0 Å². The number of hydrogen-bond acceptors (Lipinski definition) is 3. The summed E-state index contributed by atoms with van der Waals surface area (Å²) in [6.45, 7) is 3.99. The largest absolute Gasteiger partial charge is 0.296 e. The summed E-state index contributed by atoms with van der Waals surface area (Å²) in [5, 5.41) is 0. The van der Waals surface area contributed by atoms with Crippen molar-refractivity contribution in [3.8, 4) is 0 Å². The van der Waals surface area contributed by atoms with Gasteiger partial charge in [-0.05, 0) is 38.4 Å². The minimum atomic E-state index is -3.52. The van der Waals surface area contributed by atoms with E-state index < -0.39 is 15.7 Å². The summed E-state index contributed by atoms with van der Waals surface area (Å²) in [5.74, 6) is -0.567. The molecule has 0 radical (unpaired) electrons. The second kappa shape index (κ2) is 6.22. The molecule has 1 heterocycles. The van der Waals surface area contributed by atoms with E-state index >= 15 is 0 Å². The molecule has 112 valence electrons. The van der Waals surface area contributed by atoms with Crippen LogP contribution in [0.3, 0.4) is 0 Å². The first kappa shape index (κ1) is 15.4. The van der Waals surface area contributed by atoms with Crippen LogP contribution in [0.4, 0.5) is 4.39 Å². The van der Waals surface area contributed by atoms with Crippen molar-refractivity contribution in [3.63, 3.8) is 0 Å². The highest BCUT2D eigenvalue weighted by Gasteiger charge is 2.28. The molecule has 1 aromatic carbocycles. The van der Waals surface area contributed by atoms with E-state index in [2.05, 4.69) is 11.8 Å². The molecule has 1 aromatic rings. The van der Waals surface area contributed by atoms with E-state index in [1.807, 2.05) is 0 Å². The van der Waals surface area contributed by atoms with Crippen LogP contribution in [0.1, 0.15) is 44.2 Å². The molecule has 0 spiro atoms. The normalized spacial score (nSPS) is 21.1. The number of piperidine rings is 1.